The first-order chi connectivity index (χ1) is 9.88. The Labute approximate surface area is 119 Å². The predicted octanol–water partition coefficient (Wildman–Crippen LogP) is 3.17. The second-order valence-corrected chi connectivity index (χ2v) is 5.01. The Morgan fingerprint density at radius 2 is 2.05 bits per heavy atom. The fraction of sp³-hybridized carbons (Fsp3) is 0.538. The van der Waals surface area contributed by atoms with E-state index in [1.54, 1.807) is 0 Å². The molecule has 0 amide bonds. The molecule has 1 atom stereocenters. The van der Waals surface area contributed by atoms with Crippen molar-refractivity contribution in [3.8, 4) is 0 Å². The third kappa shape index (κ3) is 4.07. The zero-order chi connectivity index (χ0) is 15.5. The number of hydrogen-bond acceptors (Lipinski definition) is 4. The minimum Gasteiger partial charge on any atom is -0.382 e. The van der Waals surface area contributed by atoms with Crippen molar-refractivity contribution in [2.45, 2.75) is 31.5 Å². The molecule has 0 spiro atoms. The van der Waals surface area contributed by atoms with Gasteiger partial charge in [0.25, 0.3) is 5.69 Å². The van der Waals surface area contributed by atoms with Crippen molar-refractivity contribution in [3.63, 3.8) is 0 Å². The summed E-state index contributed by atoms with van der Waals surface area (Å²) in [6.07, 6.45) is -2.15. The van der Waals surface area contributed by atoms with Gasteiger partial charge >= 0.3 is 6.18 Å². The van der Waals surface area contributed by atoms with Gasteiger partial charge in [-0.05, 0) is 44.5 Å². The van der Waals surface area contributed by atoms with Crippen LogP contribution in [-0.4, -0.2) is 24.1 Å². The second kappa shape index (κ2) is 6.30. The molecule has 0 saturated carbocycles. The third-order valence-electron chi connectivity index (χ3n) is 3.45. The number of benzene rings is 1. The van der Waals surface area contributed by atoms with Crippen LogP contribution in [0.15, 0.2) is 18.2 Å². The topological polar surface area (TPSA) is 67.2 Å². The van der Waals surface area contributed by atoms with Crippen molar-refractivity contribution in [2.24, 2.45) is 0 Å². The summed E-state index contributed by atoms with van der Waals surface area (Å²) in [6.45, 7) is 1.70. The number of nitrogens with zero attached hydrogens (tertiary/aromatic N) is 1. The summed E-state index contributed by atoms with van der Waals surface area (Å²) in [4.78, 5) is 9.68. The quantitative estimate of drug-likeness (QED) is 0.665. The minimum absolute atomic E-state index is 0.0718. The van der Waals surface area contributed by atoms with Crippen LogP contribution >= 0.6 is 0 Å². The molecule has 1 aromatic carbocycles. The predicted molar refractivity (Wildman–Crippen MR) is 72.2 cm³/mol. The lowest BCUT2D eigenvalue weighted by Gasteiger charge is -2.18. The third-order valence-corrected chi connectivity index (χ3v) is 3.45. The average molecular weight is 303 g/mol. The highest BCUT2D eigenvalue weighted by Crippen LogP contribution is 2.37. The van der Waals surface area contributed by atoms with Crippen molar-refractivity contribution in [3.05, 3.63) is 33.9 Å². The van der Waals surface area contributed by atoms with Crippen molar-refractivity contribution >= 4 is 11.4 Å². The SMILES string of the molecule is O=[N+]([O-])c1ccc(NC2CCCNCC2)cc1C(F)(F)F. The zero-order valence-corrected chi connectivity index (χ0v) is 11.2. The normalized spacial score (nSPS) is 19.9. The number of nitro groups is 1. The number of nitro benzene ring substituents is 1. The van der Waals surface area contributed by atoms with E-state index in [1.807, 2.05) is 0 Å². The van der Waals surface area contributed by atoms with E-state index < -0.39 is 22.4 Å². The van der Waals surface area contributed by atoms with E-state index in [9.17, 15) is 23.3 Å². The Balaban J connectivity index is 2.22. The van der Waals surface area contributed by atoms with E-state index in [0.717, 1.165) is 44.5 Å². The van der Waals surface area contributed by atoms with Crippen LogP contribution in [0.25, 0.3) is 0 Å². The van der Waals surface area contributed by atoms with Gasteiger partial charge in [-0.15, -0.1) is 0 Å². The van der Waals surface area contributed by atoms with E-state index in [1.165, 1.54) is 6.07 Å². The fourth-order valence-electron chi connectivity index (χ4n) is 2.41. The van der Waals surface area contributed by atoms with E-state index in [-0.39, 0.29) is 11.7 Å². The molecule has 0 aromatic heterocycles. The van der Waals surface area contributed by atoms with Gasteiger partial charge in [-0.3, -0.25) is 10.1 Å². The van der Waals surface area contributed by atoms with Gasteiger partial charge in [-0.2, -0.15) is 13.2 Å². The number of rotatable bonds is 3. The first kappa shape index (κ1) is 15.6. The largest absolute Gasteiger partial charge is 0.423 e. The van der Waals surface area contributed by atoms with Crippen molar-refractivity contribution in [2.75, 3.05) is 18.4 Å². The van der Waals surface area contributed by atoms with Crippen LogP contribution in [0.3, 0.4) is 0 Å². The number of hydrogen-bond donors (Lipinski definition) is 2. The molecule has 1 aromatic rings. The smallest absolute Gasteiger partial charge is 0.382 e. The first-order valence-electron chi connectivity index (χ1n) is 6.71. The van der Waals surface area contributed by atoms with Crippen molar-refractivity contribution < 1.29 is 18.1 Å². The number of halogens is 3. The molecule has 1 heterocycles. The molecule has 0 bridgehead atoms. The molecular weight excluding hydrogens is 287 g/mol. The molecule has 5 nitrogen and oxygen atoms in total. The van der Waals surface area contributed by atoms with E-state index >= 15 is 0 Å². The van der Waals surface area contributed by atoms with E-state index in [4.69, 9.17) is 0 Å². The van der Waals surface area contributed by atoms with Gasteiger partial charge in [0.2, 0.25) is 0 Å². The summed E-state index contributed by atoms with van der Waals surface area (Å²) in [5.74, 6) is 0. The molecule has 8 heteroatoms. The van der Waals surface area contributed by atoms with Gasteiger partial charge in [0, 0.05) is 17.8 Å². The van der Waals surface area contributed by atoms with Crippen LogP contribution in [0, 0.1) is 10.1 Å². The maximum Gasteiger partial charge on any atom is 0.423 e. The van der Waals surface area contributed by atoms with Crippen LogP contribution in [0.5, 0.6) is 0 Å². The standard InChI is InChI=1S/C13H16F3N3O2/c14-13(15,16)11-8-10(3-4-12(11)19(20)21)18-9-2-1-6-17-7-5-9/h3-4,8-9,17-18H,1-2,5-7H2. The molecule has 2 rings (SSSR count). The number of alkyl halides is 3. The van der Waals surface area contributed by atoms with Crippen LogP contribution in [-0.2, 0) is 6.18 Å². The highest BCUT2D eigenvalue weighted by Gasteiger charge is 2.38. The summed E-state index contributed by atoms with van der Waals surface area (Å²) in [5, 5.41) is 16.9. The minimum atomic E-state index is -4.74. The summed E-state index contributed by atoms with van der Waals surface area (Å²) in [5.41, 5.74) is -1.88. The Kier molecular flexibility index (Phi) is 4.66. The molecular formula is C13H16F3N3O2. The van der Waals surface area contributed by atoms with Gasteiger partial charge in [-0.1, -0.05) is 0 Å². The maximum absolute atomic E-state index is 12.9. The van der Waals surface area contributed by atoms with E-state index in [0.29, 0.717) is 0 Å². The molecule has 1 fully saturated rings. The van der Waals surface area contributed by atoms with Gasteiger partial charge in [-0.25, -0.2) is 0 Å². The van der Waals surface area contributed by atoms with Gasteiger partial charge in [0.15, 0.2) is 0 Å². The Bertz CT molecular complexity index is 512. The molecule has 116 valence electrons. The lowest BCUT2D eigenvalue weighted by molar-refractivity contribution is -0.388. The summed E-state index contributed by atoms with van der Waals surface area (Å²) in [7, 11) is 0. The van der Waals surface area contributed by atoms with Crippen LogP contribution in [0.1, 0.15) is 24.8 Å². The van der Waals surface area contributed by atoms with Gasteiger partial charge < -0.3 is 10.6 Å². The number of nitrogens with one attached hydrogen (secondary N) is 2. The average Bonchev–Trinajstić information content (AvgIpc) is 2.66. The lowest BCUT2D eigenvalue weighted by atomic mass is 10.1. The van der Waals surface area contributed by atoms with Crippen LogP contribution < -0.4 is 10.6 Å². The highest BCUT2D eigenvalue weighted by molar-refractivity contribution is 5.55. The molecule has 21 heavy (non-hydrogen) atoms. The van der Waals surface area contributed by atoms with Crippen LogP contribution in [0.4, 0.5) is 24.5 Å². The van der Waals surface area contributed by atoms with Gasteiger partial charge in [0.05, 0.1) is 4.92 Å². The lowest BCUT2D eigenvalue weighted by Crippen LogP contribution is -2.22. The zero-order valence-electron chi connectivity index (χ0n) is 11.2. The monoisotopic (exact) mass is 303 g/mol. The van der Waals surface area contributed by atoms with E-state index in [2.05, 4.69) is 10.6 Å². The van der Waals surface area contributed by atoms with Gasteiger partial charge in [0.1, 0.15) is 5.56 Å². The summed E-state index contributed by atoms with van der Waals surface area (Å²) < 4.78 is 38.7. The first-order valence-corrected chi connectivity index (χ1v) is 6.71. The van der Waals surface area contributed by atoms with Crippen LogP contribution in [0.2, 0.25) is 0 Å². The molecule has 1 unspecified atom stereocenters. The molecule has 2 N–H and O–H groups in total. The molecule has 0 aliphatic carbocycles. The molecule has 1 aliphatic rings. The Hall–Kier alpha value is -1.83. The number of anilines is 1. The Morgan fingerprint density at radius 1 is 1.29 bits per heavy atom. The molecule has 1 aliphatic heterocycles. The summed E-state index contributed by atoms with van der Waals surface area (Å²) in [6, 6.07) is 3.12. The fourth-order valence-corrected chi connectivity index (χ4v) is 2.41. The summed E-state index contributed by atoms with van der Waals surface area (Å²) >= 11 is 0. The second-order valence-electron chi connectivity index (χ2n) is 5.01. The molecule has 1 saturated heterocycles. The maximum atomic E-state index is 12.9. The molecule has 0 radical (unpaired) electrons. The van der Waals surface area contributed by atoms with Crippen molar-refractivity contribution in [1.82, 2.24) is 5.32 Å². The Morgan fingerprint density at radius 3 is 2.71 bits per heavy atom. The van der Waals surface area contributed by atoms with Crippen molar-refractivity contribution in [1.29, 1.82) is 0 Å². The highest BCUT2D eigenvalue weighted by atomic mass is 19.4.